The fourth-order valence-corrected chi connectivity index (χ4v) is 2.51. The number of thiophene rings is 1. The summed E-state index contributed by atoms with van der Waals surface area (Å²) < 4.78 is 5.22. The highest BCUT2D eigenvalue weighted by atomic mass is 32.1. The number of hydrogen-bond donors (Lipinski definition) is 2. The van der Waals surface area contributed by atoms with Crippen LogP contribution in [0.25, 0.3) is 11.5 Å². The van der Waals surface area contributed by atoms with Gasteiger partial charge in [0.25, 0.3) is 5.91 Å². The third kappa shape index (κ3) is 2.92. The molecule has 2 N–H and O–H groups in total. The average molecular weight is 300 g/mol. The van der Waals surface area contributed by atoms with Crippen molar-refractivity contribution in [2.75, 3.05) is 0 Å². The number of hydrazone groups is 1. The second kappa shape index (κ2) is 5.76. The van der Waals surface area contributed by atoms with Crippen LogP contribution >= 0.6 is 11.3 Å². The van der Waals surface area contributed by atoms with Gasteiger partial charge in [-0.15, -0.1) is 11.3 Å². The van der Waals surface area contributed by atoms with E-state index in [4.69, 9.17) is 4.42 Å². The Labute approximate surface area is 124 Å². The Bertz CT molecular complexity index is 771. The normalized spacial score (nSPS) is 11.1. The van der Waals surface area contributed by atoms with Gasteiger partial charge >= 0.3 is 0 Å². The van der Waals surface area contributed by atoms with Gasteiger partial charge in [0.05, 0.1) is 12.5 Å². The summed E-state index contributed by atoms with van der Waals surface area (Å²) in [6.45, 7) is 1.99. The number of carbonyl (C=O) groups excluding carboxylic acids is 1. The topological polar surface area (TPSA) is 83.3 Å². The molecule has 6 nitrogen and oxygen atoms in total. The van der Waals surface area contributed by atoms with Crippen LogP contribution in [0.5, 0.6) is 0 Å². The van der Waals surface area contributed by atoms with Crippen molar-refractivity contribution in [3.63, 3.8) is 0 Å². The molecule has 0 atom stereocenters. The van der Waals surface area contributed by atoms with E-state index < -0.39 is 0 Å². The van der Waals surface area contributed by atoms with E-state index in [9.17, 15) is 4.79 Å². The van der Waals surface area contributed by atoms with Crippen molar-refractivity contribution in [3.05, 3.63) is 52.0 Å². The third-order valence-electron chi connectivity index (χ3n) is 2.85. The molecule has 0 fully saturated rings. The van der Waals surface area contributed by atoms with E-state index >= 15 is 0 Å². The molecule has 0 aliphatic heterocycles. The zero-order valence-electron chi connectivity index (χ0n) is 11.2. The molecule has 3 aromatic heterocycles. The lowest BCUT2D eigenvalue weighted by molar-refractivity contribution is 0.0950. The van der Waals surface area contributed by atoms with Crippen molar-refractivity contribution in [1.82, 2.24) is 15.6 Å². The number of aromatic nitrogens is 2. The number of rotatable bonds is 4. The van der Waals surface area contributed by atoms with Crippen LogP contribution < -0.4 is 5.43 Å². The first-order valence-electron chi connectivity index (χ1n) is 6.21. The number of carbonyl (C=O) groups is 1. The van der Waals surface area contributed by atoms with Gasteiger partial charge in [0.2, 0.25) is 0 Å². The number of hydrogen-bond acceptors (Lipinski definition) is 5. The minimum Gasteiger partial charge on any atom is -0.463 e. The molecule has 0 unspecified atom stereocenters. The maximum atomic E-state index is 11.9. The molecule has 7 heteroatoms. The first-order valence-corrected chi connectivity index (χ1v) is 7.09. The summed E-state index contributed by atoms with van der Waals surface area (Å²) in [7, 11) is 0. The maximum Gasteiger partial charge on any atom is 0.291 e. The fourth-order valence-electron chi connectivity index (χ4n) is 1.72. The number of aromatic amines is 1. The number of furan rings is 1. The minimum absolute atomic E-state index is 0.251. The molecule has 0 bridgehead atoms. The van der Waals surface area contributed by atoms with E-state index in [1.54, 1.807) is 42.0 Å². The molecule has 0 radical (unpaired) electrons. The Morgan fingerprint density at radius 2 is 2.43 bits per heavy atom. The lowest BCUT2D eigenvalue weighted by Gasteiger charge is -1.94. The van der Waals surface area contributed by atoms with Crippen LogP contribution in [0.2, 0.25) is 0 Å². The van der Waals surface area contributed by atoms with Crippen LogP contribution in [0, 0.1) is 6.92 Å². The predicted molar refractivity (Wildman–Crippen MR) is 80.4 cm³/mol. The molecule has 106 valence electrons. The summed E-state index contributed by atoms with van der Waals surface area (Å²) in [5.74, 6) is 0.244. The second-order valence-electron chi connectivity index (χ2n) is 4.31. The molecule has 3 rings (SSSR count). The SMILES string of the molecule is Cc1ccsc1/C=N\NC(=O)c1cc(-c2ccco2)[nH]n1. The van der Waals surface area contributed by atoms with Crippen molar-refractivity contribution in [3.8, 4) is 11.5 Å². The Balaban J connectivity index is 1.66. The number of amides is 1. The summed E-state index contributed by atoms with van der Waals surface area (Å²) in [6.07, 6.45) is 3.18. The molecule has 0 aliphatic carbocycles. The summed E-state index contributed by atoms with van der Waals surface area (Å²) in [6, 6.07) is 7.16. The van der Waals surface area contributed by atoms with Crippen molar-refractivity contribution in [1.29, 1.82) is 0 Å². The van der Waals surface area contributed by atoms with Gasteiger partial charge in [0, 0.05) is 10.9 Å². The predicted octanol–water partition coefficient (Wildman–Crippen LogP) is 2.80. The van der Waals surface area contributed by atoms with Crippen LogP contribution in [-0.4, -0.2) is 22.3 Å². The van der Waals surface area contributed by atoms with Gasteiger partial charge in [-0.3, -0.25) is 9.89 Å². The largest absolute Gasteiger partial charge is 0.463 e. The van der Waals surface area contributed by atoms with E-state index in [2.05, 4.69) is 20.7 Å². The van der Waals surface area contributed by atoms with Gasteiger partial charge in [-0.05, 0) is 36.1 Å². The molecule has 0 saturated heterocycles. The summed E-state index contributed by atoms with van der Waals surface area (Å²) in [5.41, 5.74) is 4.46. The number of H-pyrrole nitrogens is 1. The molecule has 0 aromatic carbocycles. The number of aryl methyl sites for hydroxylation is 1. The average Bonchev–Trinajstić information content (AvgIpc) is 3.19. The van der Waals surface area contributed by atoms with Crippen molar-refractivity contribution < 1.29 is 9.21 Å². The Hall–Kier alpha value is -2.67. The Morgan fingerprint density at radius 3 is 3.14 bits per heavy atom. The maximum absolute atomic E-state index is 11.9. The molecule has 0 saturated carbocycles. The van der Waals surface area contributed by atoms with Gasteiger partial charge in [0.15, 0.2) is 11.5 Å². The fraction of sp³-hybridized carbons (Fsp3) is 0.0714. The molecule has 0 spiro atoms. The van der Waals surface area contributed by atoms with Crippen LogP contribution in [0.1, 0.15) is 20.9 Å². The van der Waals surface area contributed by atoms with Gasteiger partial charge in [0.1, 0.15) is 5.69 Å². The first kappa shape index (κ1) is 13.3. The first-order chi connectivity index (χ1) is 10.2. The van der Waals surface area contributed by atoms with Crippen LogP contribution in [0.15, 0.2) is 45.4 Å². The Morgan fingerprint density at radius 1 is 1.52 bits per heavy atom. The minimum atomic E-state index is -0.380. The third-order valence-corrected chi connectivity index (χ3v) is 3.80. The van der Waals surface area contributed by atoms with Crippen molar-refractivity contribution in [2.24, 2.45) is 5.10 Å². The van der Waals surface area contributed by atoms with Crippen molar-refractivity contribution in [2.45, 2.75) is 6.92 Å². The molecular weight excluding hydrogens is 288 g/mol. The zero-order chi connectivity index (χ0) is 14.7. The van der Waals surface area contributed by atoms with Gasteiger partial charge < -0.3 is 4.42 Å². The lowest BCUT2D eigenvalue weighted by atomic mass is 10.3. The number of nitrogens with zero attached hydrogens (tertiary/aromatic N) is 2. The Kier molecular flexibility index (Phi) is 3.65. The quantitative estimate of drug-likeness (QED) is 0.574. The number of nitrogens with one attached hydrogen (secondary N) is 2. The highest BCUT2D eigenvalue weighted by molar-refractivity contribution is 7.11. The molecule has 21 heavy (non-hydrogen) atoms. The smallest absolute Gasteiger partial charge is 0.291 e. The van der Waals surface area contributed by atoms with E-state index in [0.717, 1.165) is 10.4 Å². The summed E-state index contributed by atoms with van der Waals surface area (Å²) in [5, 5.41) is 12.6. The molecule has 0 aliphatic rings. The molecule has 1 amide bonds. The standard InChI is InChI=1S/C14H12N4O2S/c1-9-4-6-21-13(9)8-15-18-14(19)11-7-10(16-17-11)12-3-2-5-20-12/h2-8H,1H3,(H,16,17)(H,18,19)/b15-8-. The van der Waals surface area contributed by atoms with Gasteiger partial charge in [-0.2, -0.15) is 10.2 Å². The molecule has 3 heterocycles. The highest BCUT2D eigenvalue weighted by Crippen LogP contribution is 2.17. The summed E-state index contributed by atoms with van der Waals surface area (Å²) in [4.78, 5) is 12.9. The molecule has 3 aromatic rings. The van der Waals surface area contributed by atoms with Crippen LogP contribution in [-0.2, 0) is 0 Å². The van der Waals surface area contributed by atoms with E-state index in [-0.39, 0.29) is 11.6 Å². The summed E-state index contributed by atoms with van der Waals surface area (Å²) >= 11 is 1.56. The van der Waals surface area contributed by atoms with Gasteiger partial charge in [-0.25, -0.2) is 5.43 Å². The monoisotopic (exact) mass is 300 g/mol. The zero-order valence-corrected chi connectivity index (χ0v) is 12.0. The highest BCUT2D eigenvalue weighted by Gasteiger charge is 2.11. The van der Waals surface area contributed by atoms with Crippen molar-refractivity contribution >= 4 is 23.5 Å². The second-order valence-corrected chi connectivity index (χ2v) is 5.26. The van der Waals surface area contributed by atoms with E-state index in [0.29, 0.717) is 11.5 Å². The van der Waals surface area contributed by atoms with Gasteiger partial charge in [-0.1, -0.05) is 0 Å². The molecular formula is C14H12N4O2S. The van der Waals surface area contributed by atoms with E-state index in [1.807, 2.05) is 18.4 Å². The van der Waals surface area contributed by atoms with Crippen LogP contribution in [0.4, 0.5) is 0 Å². The lowest BCUT2D eigenvalue weighted by Crippen LogP contribution is -2.17. The van der Waals surface area contributed by atoms with Crippen LogP contribution in [0.3, 0.4) is 0 Å². The van der Waals surface area contributed by atoms with E-state index in [1.165, 1.54) is 0 Å².